The predicted molar refractivity (Wildman–Crippen MR) is 76.7 cm³/mol. The second-order valence-corrected chi connectivity index (χ2v) is 4.36. The molecule has 0 saturated heterocycles. The minimum Gasteiger partial charge on any atom is -0.384 e. The molecule has 2 rings (SSSR count). The van der Waals surface area contributed by atoms with E-state index in [9.17, 15) is 4.79 Å². The van der Waals surface area contributed by atoms with Gasteiger partial charge in [0.15, 0.2) is 0 Å². The first-order chi connectivity index (χ1) is 9.24. The molecule has 19 heavy (non-hydrogen) atoms. The molecule has 1 aromatic carbocycles. The third kappa shape index (κ3) is 4.43. The van der Waals surface area contributed by atoms with Crippen molar-refractivity contribution in [3.05, 3.63) is 54.2 Å². The van der Waals surface area contributed by atoms with E-state index in [1.165, 1.54) is 5.56 Å². The number of aromatic nitrogens is 1. The molecule has 0 aliphatic heterocycles. The summed E-state index contributed by atoms with van der Waals surface area (Å²) in [6.07, 6.45) is 3.80. The number of nitrogens with one attached hydrogen (secondary N) is 1. The number of rotatable bonds is 5. The number of carbonyl (C=O) groups excluding carboxylic acids is 1. The number of anilines is 2. The number of nitrogens with zero attached hydrogens (tertiary/aromatic N) is 1. The summed E-state index contributed by atoms with van der Waals surface area (Å²) in [5, 5.41) is 2.80. The number of nitrogen functional groups attached to an aromatic ring is 1. The third-order valence-corrected chi connectivity index (χ3v) is 2.78. The zero-order valence-corrected chi connectivity index (χ0v) is 10.7. The molecule has 0 aliphatic carbocycles. The largest absolute Gasteiger partial charge is 0.384 e. The summed E-state index contributed by atoms with van der Waals surface area (Å²) in [7, 11) is 0. The van der Waals surface area contributed by atoms with Gasteiger partial charge in [0.25, 0.3) is 0 Å². The van der Waals surface area contributed by atoms with Gasteiger partial charge in [0.1, 0.15) is 5.82 Å². The van der Waals surface area contributed by atoms with Crippen LogP contribution in [0.2, 0.25) is 0 Å². The van der Waals surface area contributed by atoms with E-state index in [2.05, 4.69) is 22.4 Å². The zero-order chi connectivity index (χ0) is 13.5. The Morgan fingerprint density at radius 3 is 2.63 bits per heavy atom. The summed E-state index contributed by atoms with van der Waals surface area (Å²) in [6.45, 7) is 0. The van der Waals surface area contributed by atoms with Gasteiger partial charge in [-0.15, -0.1) is 0 Å². The Kier molecular flexibility index (Phi) is 4.50. The number of pyridine rings is 1. The Hall–Kier alpha value is -2.36. The smallest absolute Gasteiger partial charge is 0.224 e. The summed E-state index contributed by atoms with van der Waals surface area (Å²) in [6, 6.07) is 13.6. The van der Waals surface area contributed by atoms with Crippen LogP contribution in [-0.2, 0) is 11.2 Å². The molecular formula is C15H17N3O. The number of carbonyl (C=O) groups is 1. The summed E-state index contributed by atoms with van der Waals surface area (Å²) < 4.78 is 0. The average Bonchev–Trinajstić information content (AvgIpc) is 2.43. The summed E-state index contributed by atoms with van der Waals surface area (Å²) >= 11 is 0. The van der Waals surface area contributed by atoms with E-state index < -0.39 is 0 Å². The van der Waals surface area contributed by atoms with Crippen molar-refractivity contribution in [2.75, 3.05) is 11.1 Å². The first kappa shape index (κ1) is 13.1. The lowest BCUT2D eigenvalue weighted by Crippen LogP contribution is -2.11. The van der Waals surface area contributed by atoms with Crippen LogP contribution in [0.5, 0.6) is 0 Å². The first-order valence-corrected chi connectivity index (χ1v) is 6.29. The molecule has 0 atom stereocenters. The van der Waals surface area contributed by atoms with Gasteiger partial charge in [-0.1, -0.05) is 30.3 Å². The van der Waals surface area contributed by atoms with E-state index in [1.807, 2.05) is 18.2 Å². The SMILES string of the molecule is Nc1ccc(NC(=O)CCCc2ccccc2)cn1. The summed E-state index contributed by atoms with van der Waals surface area (Å²) in [4.78, 5) is 15.6. The van der Waals surface area contributed by atoms with Crippen LogP contribution >= 0.6 is 0 Å². The highest BCUT2D eigenvalue weighted by atomic mass is 16.1. The molecule has 1 heterocycles. The molecular weight excluding hydrogens is 238 g/mol. The molecule has 1 aromatic heterocycles. The monoisotopic (exact) mass is 255 g/mol. The van der Waals surface area contributed by atoms with Gasteiger partial charge < -0.3 is 11.1 Å². The molecule has 4 nitrogen and oxygen atoms in total. The van der Waals surface area contributed by atoms with E-state index in [0.29, 0.717) is 17.9 Å². The predicted octanol–water partition coefficient (Wildman–Crippen LogP) is 2.63. The van der Waals surface area contributed by atoms with Crippen LogP contribution in [0.25, 0.3) is 0 Å². The molecule has 0 fully saturated rings. The summed E-state index contributed by atoms with van der Waals surface area (Å²) in [5.41, 5.74) is 7.41. The highest BCUT2D eigenvalue weighted by molar-refractivity contribution is 5.90. The van der Waals surface area contributed by atoms with Crippen molar-refractivity contribution in [1.82, 2.24) is 4.98 Å². The molecule has 0 radical (unpaired) electrons. The quantitative estimate of drug-likeness (QED) is 0.863. The molecule has 0 spiro atoms. The fourth-order valence-corrected chi connectivity index (χ4v) is 1.80. The lowest BCUT2D eigenvalue weighted by atomic mass is 10.1. The number of hydrogen-bond donors (Lipinski definition) is 2. The van der Waals surface area contributed by atoms with Crippen molar-refractivity contribution < 1.29 is 4.79 Å². The van der Waals surface area contributed by atoms with Crippen LogP contribution in [0.1, 0.15) is 18.4 Å². The van der Waals surface area contributed by atoms with Gasteiger partial charge in [-0.25, -0.2) is 4.98 Å². The summed E-state index contributed by atoms with van der Waals surface area (Å²) in [5.74, 6) is 0.449. The van der Waals surface area contributed by atoms with Gasteiger partial charge in [-0.2, -0.15) is 0 Å². The molecule has 0 saturated carbocycles. The molecule has 98 valence electrons. The normalized spacial score (nSPS) is 10.1. The highest BCUT2D eigenvalue weighted by Crippen LogP contribution is 2.09. The number of hydrogen-bond acceptors (Lipinski definition) is 3. The standard InChI is InChI=1S/C15H17N3O/c16-14-10-9-13(11-17-14)18-15(19)8-4-7-12-5-2-1-3-6-12/h1-3,5-6,9-11H,4,7-8H2,(H2,16,17)(H,18,19). The molecule has 0 unspecified atom stereocenters. The maximum absolute atomic E-state index is 11.7. The lowest BCUT2D eigenvalue weighted by molar-refractivity contribution is -0.116. The Labute approximate surface area is 112 Å². The van der Waals surface area contributed by atoms with Crippen molar-refractivity contribution in [2.24, 2.45) is 0 Å². The highest BCUT2D eigenvalue weighted by Gasteiger charge is 2.02. The van der Waals surface area contributed by atoms with Crippen molar-refractivity contribution in [3.63, 3.8) is 0 Å². The first-order valence-electron chi connectivity index (χ1n) is 6.29. The molecule has 3 N–H and O–H groups in total. The van der Waals surface area contributed by atoms with Gasteiger partial charge in [0.2, 0.25) is 5.91 Å². The topological polar surface area (TPSA) is 68.0 Å². The van der Waals surface area contributed by atoms with Gasteiger partial charge in [0.05, 0.1) is 11.9 Å². The van der Waals surface area contributed by atoms with E-state index in [-0.39, 0.29) is 5.91 Å². The Morgan fingerprint density at radius 1 is 1.16 bits per heavy atom. The van der Waals surface area contributed by atoms with E-state index in [1.54, 1.807) is 18.3 Å². The van der Waals surface area contributed by atoms with Gasteiger partial charge in [0, 0.05) is 6.42 Å². The molecule has 2 aromatic rings. The van der Waals surface area contributed by atoms with Crippen LogP contribution in [0.3, 0.4) is 0 Å². The van der Waals surface area contributed by atoms with Crippen molar-refractivity contribution in [1.29, 1.82) is 0 Å². The molecule has 0 aliphatic rings. The lowest BCUT2D eigenvalue weighted by Gasteiger charge is -2.05. The Morgan fingerprint density at radius 2 is 1.95 bits per heavy atom. The van der Waals surface area contributed by atoms with Gasteiger partial charge in [-0.05, 0) is 30.5 Å². The van der Waals surface area contributed by atoms with Crippen LogP contribution in [0, 0.1) is 0 Å². The number of nitrogens with two attached hydrogens (primary N) is 1. The van der Waals surface area contributed by atoms with Crippen molar-refractivity contribution in [3.8, 4) is 0 Å². The molecule has 4 heteroatoms. The number of amides is 1. The zero-order valence-electron chi connectivity index (χ0n) is 10.7. The molecule has 0 bridgehead atoms. The maximum atomic E-state index is 11.7. The maximum Gasteiger partial charge on any atom is 0.224 e. The second kappa shape index (κ2) is 6.54. The van der Waals surface area contributed by atoms with Crippen LogP contribution < -0.4 is 11.1 Å². The molecule has 1 amide bonds. The minimum absolute atomic E-state index is 0.00232. The van der Waals surface area contributed by atoms with E-state index >= 15 is 0 Å². The number of aryl methyl sites for hydroxylation is 1. The Balaban J connectivity index is 1.74. The van der Waals surface area contributed by atoms with Crippen molar-refractivity contribution in [2.45, 2.75) is 19.3 Å². The number of benzene rings is 1. The fraction of sp³-hybridized carbons (Fsp3) is 0.200. The van der Waals surface area contributed by atoms with Gasteiger partial charge in [-0.3, -0.25) is 4.79 Å². The average molecular weight is 255 g/mol. The third-order valence-electron chi connectivity index (χ3n) is 2.78. The van der Waals surface area contributed by atoms with Crippen LogP contribution in [0.15, 0.2) is 48.7 Å². The van der Waals surface area contributed by atoms with Gasteiger partial charge >= 0.3 is 0 Å². The van der Waals surface area contributed by atoms with Crippen molar-refractivity contribution >= 4 is 17.4 Å². The van der Waals surface area contributed by atoms with E-state index in [4.69, 9.17) is 5.73 Å². The van der Waals surface area contributed by atoms with Crippen LogP contribution in [-0.4, -0.2) is 10.9 Å². The van der Waals surface area contributed by atoms with E-state index in [0.717, 1.165) is 12.8 Å². The Bertz CT molecular complexity index is 523. The minimum atomic E-state index is 0.00232. The second-order valence-electron chi connectivity index (χ2n) is 4.36. The fourth-order valence-electron chi connectivity index (χ4n) is 1.80. The van der Waals surface area contributed by atoms with Crippen LogP contribution in [0.4, 0.5) is 11.5 Å².